The topological polar surface area (TPSA) is 72.8 Å². The molecule has 0 aliphatic heterocycles. The molecule has 0 radical (unpaired) electrons. The Morgan fingerprint density at radius 1 is 0.271 bits per heavy atom. The molecule has 1 unspecified atom stereocenters. The molecule has 0 aromatic rings. The van der Waals surface area contributed by atoms with Crippen molar-refractivity contribution in [2.75, 3.05) is 13.2 Å². The Morgan fingerprint density at radius 2 is 0.471 bits per heavy atom. The normalized spacial score (nSPS) is 12.2. The molecule has 0 bridgehead atoms. The standard InChI is InChI=1S/C80H154O5/c1-3-5-7-9-11-13-15-17-19-21-23-25-27-29-31-33-35-37-38-39-40-41-42-43-45-47-49-51-53-55-57-59-61-63-65-67-69-71-73-75-80(83)85-78(76-81)77-84-79(82)74-72-70-68-66-64-62-60-58-56-54-52-50-48-46-44-36-34-32-30-28-26-24-22-20-18-16-14-12-10-8-6-4-2/h15,17,21,23,78,81H,3-14,16,18-20,22,24-77H2,1-2H3/b17-15-,23-21-. The van der Waals surface area contributed by atoms with Crippen LogP contribution in [-0.2, 0) is 19.1 Å². The number of carbonyl (C=O) groups is 2. The van der Waals surface area contributed by atoms with Crippen molar-refractivity contribution in [1.29, 1.82) is 0 Å². The predicted molar refractivity (Wildman–Crippen MR) is 376 cm³/mol. The summed E-state index contributed by atoms with van der Waals surface area (Å²) in [5, 5.41) is 9.72. The van der Waals surface area contributed by atoms with Gasteiger partial charge in [0.2, 0.25) is 0 Å². The largest absolute Gasteiger partial charge is 0.462 e. The van der Waals surface area contributed by atoms with Crippen molar-refractivity contribution in [3.63, 3.8) is 0 Å². The van der Waals surface area contributed by atoms with Crippen molar-refractivity contribution in [3.8, 4) is 0 Å². The molecular weight excluding hydrogens is 1040 g/mol. The number of aliphatic hydroxyl groups excluding tert-OH is 1. The maximum absolute atomic E-state index is 12.4. The fourth-order valence-corrected chi connectivity index (χ4v) is 12.6. The number of aliphatic hydroxyl groups is 1. The van der Waals surface area contributed by atoms with Crippen LogP contribution in [0.15, 0.2) is 24.3 Å². The summed E-state index contributed by atoms with van der Waals surface area (Å²) in [4.78, 5) is 24.7. The van der Waals surface area contributed by atoms with Gasteiger partial charge in [-0.1, -0.05) is 423 Å². The first-order chi connectivity index (χ1) is 42.1. The van der Waals surface area contributed by atoms with Crippen LogP contribution < -0.4 is 0 Å². The molecule has 5 heteroatoms. The van der Waals surface area contributed by atoms with E-state index in [2.05, 4.69) is 38.2 Å². The lowest BCUT2D eigenvalue weighted by atomic mass is 10.0. The first-order valence-electron chi connectivity index (χ1n) is 39.4. The number of hydrogen-bond donors (Lipinski definition) is 1. The van der Waals surface area contributed by atoms with Crippen LogP contribution in [0.25, 0.3) is 0 Å². The van der Waals surface area contributed by atoms with Gasteiger partial charge in [0.05, 0.1) is 6.61 Å². The highest BCUT2D eigenvalue weighted by Gasteiger charge is 2.16. The van der Waals surface area contributed by atoms with Crippen LogP contribution in [-0.4, -0.2) is 36.4 Å². The zero-order valence-electron chi connectivity index (χ0n) is 58.2. The Bertz CT molecular complexity index is 1310. The quantitative estimate of drug-likeness (QED) is 0.0373. The van der Waals surface area contributed by atoms with Gasteiger partial charge in [-0.2, -0.15) is 0 Å². The molecule has 0 aromatic carbocycles. The van der Waals surface area contributed by atoms with E-state index in [1.165, 1.54) is 392 Å². The second-order valence-electron chi connectivity index (χ2n) is 27.2. The number of esters is 2. The number of ether oxygens (including phenoxy) is 2. The van der Waals surface area contributed by atoms with E-state index in [-0.39, 0.29) is 25.2 Å². The minimum Gasteiger partial charge on any atom is -0.462 e. The molecule has 0 amide bonds. The molecule has 1 atom stereocenters. The highest BCUT2D eigenvalue weighted by atomic mass is 16.6. The SMILES string of the molecule is CCCCCCC/C=C\C/C=C\CCCCCCCCCCCCCCCCCCCCCCCCCCCCCC(=O)OC(CO)COC(=O)CCCCCCCCCCCCCCCCCCCCCCCCCCCCCCCCCC. The maximum atomic E-state index is 12.4. The van der Waals surface area contributed by atoms with E-state index in [0.717, 1.165) is 38.5 Å². The van der Waals surface area contributed by atoms with Gasteiger partial charge in [-0.3, -0.25) is 9.59 Å². The van der Waals surface area contributed by atoms with Gasteiger partial charge in [-0.05, 0) is 44.9 Å². The van der Waals surface area contributed by atoms with Crippen molar-refractivity contribution >= 4 is 11.9 Å². The summed E-state index contributed by atoms with van der Waals surface area (Å²) in [5.74, 6) is -0.559. The van der Waals surface area contributed by atoms with Gasteiger partial charge in [0.1, 0.15) is 6.61 Å². The Morgan fingerprint density at radius 3 is 0.694 bits per heavy atom. The van der Waals surface area contributed by atoms with Crippen molar-refractivity contribution in [2.45, 2.75) is 463 Å². The third-order valence-corrected chi connectivity index (χ3v) is 18.5. The van der Waals surface area contributed by atoms with E-state index in [9.17, 15) is 14.7 Å². The number of allylic oxidation sites excluding steroid dienone is 4. The van der Waals surface area contributed by atoms with Crippen molar-refractivity contribution < 1.29 is 24.2 Å². The fraction of sp³-hybridized carbons (Fsp3) is 0.925. The summed E-state index contributed by atoms with van der Waals surface area (Å²) >= 11 is 0. The first kappa shape index (κ1) is 83.4. The van der Waals surface area contributed by atoms with E-state index in [4.69, 9.17) is 9.47 Å². The average Bonchev–Trinajstić information content (AvgIpc) is 3.51. The molecule has 0 aliphatic rings. The van der Waals surface area contributed by atoms with E-state index >= 15 is 0 Å². The lowest BCUT2D eigenvalue weighted by Crippen LogP contribution is -2.28. The molecule has 0 saturated carbocycles. The van der Waals surface area contributed by atoms with Gasteiger partial charge in [-0.25, -0.2) is 0 Å². The van der Waals surface area contributed by atoms with Crippen LogP contribution in [0.2, 0.25) is 0 Å². The summed E-state index contributed by atoms with van der Waals surface area (Å²) < 4.78 is 10.8. The monoisotopic (exact) mass is 1200 g/mol. The molecule has 1 N–H and O–H groups in total. The third-order valence-electron chi connectivity index (χ3n) is 18.5. The molecule has 0 aromatic heterocycles. The Labute approximate surface area is 534 Å². The van der Waals surface area contributed by atoms with Crippen LogP contribution in [0, 0.1) is 0 Å². The fourth-order valence-electron chi connectivity index (χ4n) is 12.6. The van der Waals surface area contributed by atoms with Gasteiger partial charge in [-0.15, -0.1) is 0 Å². The molecule has 0 rings (SSSR count). The van der Waals surface area contributed by atoms with Gasteiger partial charge < -0.3 is 14.6 Å². The van der Waals surface area contributed by atoms with Crippen LogP contribution in [0.3, 0.4) is 0 Å². The maximum Gasteiger partial charge on any atom is 0.306 e. The third kappa shape index (κ3) is 74.8. The molecule has 0 fully saturated rings. The second-order valence-corrected chi connectivity index (χ2v) is 27.2. The number of hydrogen-bond acceptors (Lipinski definition) is 5. The van der Waals surface area contributed by atoms with Gasteiger partial charge in [0.25, 0.3) is 0 Å². The zero-order valence-corrected chi connectivity index (χ0v) is 58.2. The molecule has 0 spiro atoms. The number of unbranched alkanes of at least 4 members (excludes halogenated alkanes) is 63. The molecular formula is C80H154O5. The minimum atomic E-state index is -0.768. The lowest BCUT2D eigenvalue weighted by Gasteiger charge is -2.15. The Hall–Kier alpha value is -1.62. The molecule has 5 nitrogen and oxygen atoms in total. The van der Waals surface area contributed by atoms with E-state index < -0.39 is 6.10 Å². The summed E-state index contributed by atoms with van der Waals surface area (Å²) in [5.41, 5.74) is 0. The minimum absolute atomic E-state index is 0.0567. The van der Waals surface area contributed by atoms with Crippen molar-refractivity contribution in [3.05, 3.63) is 24.3 Å². The van der Waals surface area contributed by atoms with Crippen LogP contribution >= 0.6 is 0 Å². The Balaban J connectivity index is 3.34. The predicted octanol–water partition coefficient (Wildman–Crippen LogP) is 27.5. The summed E-state index contributed by atoms with van der Waals surface area (Å²) in [7, 11) is 0. The highest BCUT2D eigenvalue weighted by molar-refractivity contribution is 5.70. The Kier molecular flexibility index (Phi) is 75.2. The van der Waals surface area contributed by atoms with Crippen LogP contribution in [0.4, 0.5) is 0 Å². The molecule has 0 heterocycles. The zero-order chi connectivity index (χ0) is 61.2. The lowest BCUT2D eigenvalue weighted by molar-refractivity contribution is -0.161. The van der Waals surface area contributed by atoms with Crippen LogP contribution in [0.1, 0.15) is 457 Å². The van der Waals surface area contributed by atoms with E-state index in [0.29, 0.717) is 12.8 Å². The highest BCUT2D eigenvalue weighted by Crippen LogP contribution is 2.20. The summed E-state index contributed by atoms with van der Waals surface area (Å²) in [6.07, 6.45) is 101. The first-order valence-corrected chi connectivity index (χ1v) is 39.4. The van der Waals surface area contributed by atoms with Gasteiger partial charge >= 0.3 is 11.9 Å². The number of rotatable bonds is 75. The van der Waals surface area contributed by atoms with Gasteiger partial charge in [0, 0.05) is 12.8 Å². The molecule has 0 saturated heterocycles. The van der Waals surface area contributed by atoms with Crippen molar-refractivity contribution in [1.82, 2.24) is 0 Å². The molecule has 0 aliphatic carbocycles. The van der Waals surface area contributed by atoms with Gasteiger partial charge in [0.15, 0.2) is 6.10 Å². The average molecular weight is 1200 g/mol. The molecule has 85 heavy (non-hydrogen) atoms. The van der Waals surface area contributed by atoms with E-state index in [1.54, 1.807) is 0 Å². The van der Waals surface area contributed by atoms with Crippen LogP contribution in [0.5, 0.6) is 0 Å². The summed E-state index contributed by atoms with van der Waals surface area (Å²) in [6, 6.07) is 0. The van der Waals surface area contributed by atoms with Crippen molar-refractivity contribution in [2.24, 2.45) is 0 Å². The smallest absolute Gasteiger partial charge is 0.306 e. The number of carbonyl (C=O) groups excluding carboxylic acids is 2. The van der Waals surface area contributed by atoms with E-state index in [1.807, 2.05) is 0 Å². The second kappa shape index (κ2) is 76.6. The molecule has 504 valence electrons. The summed E-state index contributed by atoms with van der Waals surface area (Å²) in [6.45, 7) is 4.21.